The summed E-state index contributed by atoms with van der Waals surface area (Å²) in [7, 11) is 0. The van der Waals surface area contributed by atoms with E-state index in [0.717, 1.165) is 32.1 Å². The third-order valence-electron chi connectivity index (χ3n) is 5.47. The van der Waals surface area contributed by atoms with E-state index in [4.69, 9.17) is 16.3 Å². The number of hydrogen-bond donors (Lipinski definition) is 2. The fraction of sp³-hybridized carbons (Fsp3) is 0.440. The molecule has 1 fully saturated rings. The highest BCUT2D eigenvalue weighted by Crippen LogP contribution is 2.24. The minimum atomic E-state index is -0.268. The lowest BCUT2D eigenvalue weighted by molar-refractivity contribution is 0.0926. The number of amides is 2. The Morgan fingerprint density at radius 3 is 2.58 bits per heavy atom. The summed E-state index contributed by atoms with van der Waals surface area (Å²) in [6, 6.07) is 12.2. The Morgan fingerprint density at radius 1 is 1.06 bits per heavy atom. The molecule has 2 N–H and O–H groups in total. The number of ether oxygens (including phenoxy) is 1. The number of hydrogen-bond acceptors (Lipinski definition) is 3. The van der Waals surface area contributed by atoms with Crippen LogP contribution < -0.4 is 15.4 Å². The van der Waals surface area contributed by atoms with E-state index in [1.165, 1.54) is 6.42 Å². The molecule has 2 amide bonds. The van der Waals surface area contributed by atoms with Gasteiger partial charge in [-0.15, -0.1) is 0 Å². The van der Waals surface area contributed by atoms with Gasteiger partial charge in [-0.1, -0.05) is 50.8 Å². The fourth-order valence-electron chi connectivity index (χ4n) is 3.63. The van der Waals surface area contributed by atoms with Crippen molar-refractivity contribution in [2.45, 2.75) is 58.4 Å². The Balaban J connectivity index is 1.65. The highest BCUT2D eigenvalue weighted by atomic mass is 35.5. The SMILES string of the molecule is CC(C)CCOc1cccc(C(=O)Nc2ccc(Cl)c(C(=O)NC3CCCCC3)c2)c1. The van der Waals surface area contributed by atoms with Gasteiger partial charge in [0.25, 0.3) is 11.8 Å². The number of halogens is 1. The summed E-state index contributed by atoms with van der Waals surface area (Å²) in [5, 5.41) is 6.29. The minimum Gasteiger partial charge on any atom is -0.494 e. The molecule has 166 valence electrons. The summed E-state index contributed by atoms with van der Waals surface area (Å²) in [6.45, 7) is 4.89. The molecular weight excluding hydrogens is 412 g/mol. The van der Waals surface area contributed by atoms with E-state index in [1.54, 1.807) is 36.4 Å². The molecule has 2 aromatic rings. The first-order chi connectivity index (χ1) is 14.9. The highest BCUT2D eigenvalue weighted by molar-refractivity contribution is 6.34. The first kappa shape index (κ1) is 23.1. The summed E-state index contributed by atoms with van der Waals surface area (Å²) < 4.78 is 5.75. The van der Waals surface area contributed by atoms with Crippen LogP contribution in [0, 0.1) is 5.92 Å². The van der Waals surface area contributed by atoms with Crippen LogP contribution in [0.15, 0.2) is 42.5 Å². The average molecular weight is 443 g/mol. The van der Waals surface area contributed by atoms with Gasteiger partial charge in [0.15, 0.2) is 0 Å². The maximum absolute atomic E-state index is 12.7. The van der Waals surface area contributed by atoms with Gasteiger partial charge in [-0.2, -0.15) is 0 Å². The van der Waals surface area contributed by atoms with Crippen LogP contribution in [0.5, 0.6) is 5.75 Å². The number of nitrogens with one attached hydrogen (secondary N) is 2. The van der Waals surface area contributed by atoms with E-state index >= 15 is 0 Å². The van der Waals surface area contributed by atoms with Crippen LogP contribution in [0.4, 0.5) is 5.69 Å². The predicted molar refractivity (Wildman–Crippen MR) is 125 cm³/mol. The van der Waals surface area contributed by atoms with E-state index in [0.29, 0.717) is 40.1 Å². The van der Waals surface area contributed by atoms with Crippen LogP contribution in [0.2, 0.25) is 5.02 Å². The summed E-state index contributed by atoms with van der Waals surface area (Å²) in [5.41, 5.74) is 1.38. The van der Waals surface area contributed by atoms with Gasteiger partial charge >= 0.3 is 0 Å². The normalized spacial score (nSPS) is 14.3. The van der Waals surface area contributed by atoms with Crippen molar-refractivity contribution in [2.75, 3.05) is 11.9 Å². The van der Waals surface area contributed by atoms with E-state index in [-0.39, 0.29) is 17.9 Å². The number of carbonyl (C=O) groups is 2. The van der Waals surface area contributed by atoms with Gasteiger partial charge in [0.2, 0.25) is 0 Å². The zero-order valence-corrected chi connectivity index (χ0v) is 19.0. The van der Waals surface area contributed by atoms with Crippen molar-refractivity contribution in [3.8, 4) is 5.75 Å². The molecule has 0 heterocycles. The Morgan fingerprint density at radius 2 is 1.84 bits per heavy atom. The Kier molecular flexibility index (Phi) is 8.35. The third kappa shape index (κ3) is 7.00. The second kappa shape index (κ2) is 11.2. The van der Waals surface area contributed by atoms with Crippen LogP contribution in [-0.2, 0) is 0 Å². The molecule has 0 unspecified atom stereocenters. The monoisotopic (exact) mass is 442 g/mol. The lowest BCUT2D eigenvalue weighted by atomic mass is 9.95. The fourth-order valence-corrected chi connectivity index (χ4v) is 3.83. The van der Waals surface area contributed by atoms with Crippen molar-refractivity contribution >= 4 is 29.1 Å². The molecule has 3 rings (SSSR count). The summed E-state index contributed by atoms with van der Waals surface area (Å²) >= 11 is 6.26. The third-order valence-corrected chi connectivity index (χ3v) is 5.80. The van der Waals surface area contributed by atoms with Crippen molar-refractivity contribution < 1.29 is 14.3 Å². The molecule has 0 aromatic heterocycles. The van der Waals surface area contributed by atoms with Gasteiger partial charge < -0.3 is 15.4 Å². The van der Waals surface area contributed by atoms with Crippen LogP contribution in [0.3, 0.4) is 0 Å². The Hall–Kier alpha value is -2.53. The van der Waals surface area contributed by atoms with Crippen LogP contribution in [0.1, 0.15) is 73.1 Å². The van der Waals surface area contributed by atoms with Crippen LogP contribution in [-0.4, -0.2) is 24.5 Å². The Bertz CT molecular complexity index is 907. The molecule has 0 spiro atoms. The van der Waals surface area contributed by atoms with Gasteiger partial charge in [-0.25, -0.2) is 0 Å². The maximum atomic E-state index is 12.7. The zero-order valence-electron chi connectivity index (χ0n) is 18.2. The highest BCUT2D eigenvalue weighted by Gasteiger charge is 2.19. The predicted octanol–water partition coefficient (Wildman–Crippen LogP) is 6.08. The first-order valence-corrected chi connectivity index (χ1v) is 11.4. The van der Waals surface area contributed by atoms with Crippen molar-refractivity contribution in [1.29, 1.82) is 0 Å². The minimum absolute atomic E-state index is 0.189. The van der Waals surface area contributed by atoms with E-state index in [2.05, 4.69) is 24.5 Å². The van der Waals surface area contributed by atoms with Crippen molar-refractivity contribution in [1.82, 2.24) is 5.32 Å². The summed E-state index contributed by atoms with van der Waals surface area (Å²) in [5.74, 6) is 0.752. The van der Waals surface area contributed by atoms with E-state index in [1.807, 2.05) is 6.07 Å². The van der Waals surface area contributed by atoms with E-state index < -0.39 is 0 Å². The number of anilines is 1. The first-order valence-electron chi connectivity index (χ1n) is 11.1. The number of rotatable bonds is 8. The molecular formula is C25H31ClN2O3. The molecule has 0 aliphatic heterocycles. The molecule has 2 aromatic carbocycles. The van der Waals surface area contributed by atoms with Gasteiger partial charge in [0.1, 0.15) is 5.75 Å². The topological polar surface area (TPSA) is 67.4 Å². The molecule has 0 atom stereocenters. The van der Waals surface area contributed by atoms with Gasteiger partial charge in [0, 0.05) is 17.3 Å². The quantitative estimate of drug-likeness (QED) is 0.520. The molecule has 6 heteroatoms. The van der Waals surface area contributed by atoms with E-state index in [9.17, 15) is 9.59 Å². The molecule has 5 nitrogen and oxygen atoms in total. The summed E-state index contributed by atoms with van der Waals surface area (Å²) in [4.78, 5) is 25.4. The maximum Gasteiger partial charge on any atom is 0.255 e. The van der Waals surface area contributed by atoms with Gasteiger partial charge in [-0.05, 0) is 61.6 Å². The van der Waals surface area contributed by atoms with Crippen molar-refractivity contribution in [3.05, 3.63) is 58.6 Å². The van der Waals surface area contributed by atoms with Crippen molar-refractivity contribution in [2.24, 2.45) is 5.92 Å². The largest absolute Gasteiger partial charge is 0.494 e. The zero-order chi connectivity index (χ0) is 22.2. The van der Waals surface area contributed by atoms with Crippen LogP contribution >= 0.6 is 11.6 Å². The van der Waals surface area contributed by atoms with Gasteiger partial charge in [-0.3, -0.25) is 9.59 Å². The average Bonchev–Trinajstić information content (AvgIpc) is 2.75. The van der Waals surface area contributed by atoms with Crippen molar-refractivity contribution in [3.63, 3.8) is 0 Å². The van der Waals surface area contributed by atoms with Crippen LogP contribution in [0.25, 0.3) is 0 Å². The molecule has 1 aliphatic carbocycles. The number of carbonyl (C=O) groups excluding carboxylic acids is 2. The molecule has 31 heavy (non-hydrogen) atoms. The smallest absolute Gasteiger partial charge is 0.255 e. The molecule has 0 bridgehead atoms. The second-order valence-corrected chi connectivity index (χ2v) is 8.92. The lowest BCUT2D eigenvalue weighted by Crippen LogP contribution is -2.36. The Labute approximate surface area is 189 Å². The standard InChI is InChI=1S/C25H31ClN2O3/c1-17(2)13-14-31-21-10-6-7-18(15-21)24(29)28-20-11-12-23(26)22(16-20)25(30)27-19-8-4-3-5-9-19/h6-7,10-12,15-17,19H,3-5,8-9,13-14H2,1-2H3,(H,27,30)(H,28,29). The summed E-state index contributed by atoms with van der Waals surface area (Å²) in [6.07, 6.45) is 6.43. The number of benzene rings is 2. The molecule has 1 aliphatic rings. The molecule has 0 radical (unpaired) electrons. The second-order valence-electron chi connectivity index (χ2n) is 8.52. The molecule has 1 saturated carbocycles. The van der Waals surface area contributed by atoms with Gasteiger partial charge in [0.05, 0.1) is 17.2 Å². The lowest BCUT2D eigenvalue weighted by Gasteiger charge is -2.23. The molecule has 0 saturated heterocycles.